The quantitative estimate of drug-likeness (QED) is 0.619. The summed E-state index contributed by atoms with van der Waals surface area (Å²) in [7, 11) is 1.32. The van der Waals surface area contributed by atoms with Gasteiger partial charge in [-0.2, -0.15) is 0 Å². The van der Waals surface area contributed by atoms with Crippen LogP contribution in [-0.4, -0.2) is 34.7 Å². The molecule has 0 fully saturated rings. The number of aliphatic hydroxyl groups is 1. The molecule has 27 heavy (non-hydrogen) atoms. The summed E-state index contributed by atoms with van der Waals surface area (Å²) in [5.74, 6) is -0.00903. The van der Waals surface area contributed by atoms with Crippen molar-refractivity contribution in [2.45, 2.75) is 20.0 Å². The average Bonchev–Trinajstić information content (AvgIpc) is 2.97. The molecule has 0 saturated heterocycles. The van der Waals surface area contributed by atoms with Gasteiger partial charge in [0, 0.05) is 6.54 Å². The molecule has 0 bridgehead atoms. The van der Waals surface area contributed by atoms with Crippen LogP contribution in [0.25, 0.3) is 10.2 Å². The van der Waals surface area contributed by atoms with Crippen molar-refractivity contribution in [1.82, 2.24) is 9.97 Å². The third kappa shape index (κ3) is 3.87. The number of esters is 1. The number of hydrogen-bond acceptors (Lipinski definition) is 7. The second-order valence-electron chi connectivity index (χ2n) is 5.92. The van der Waals surface area contributed by atoms with E-state index in [0.29, 0.717) is 37.9 Å². The van der Waals surface area contributed by atoms with Crippen molar-refractivity contribution in [3.8, 4) is 0 Å². The number of fused-ring (bicyclic) bond motifs is 1. The third-order valence-corrected chi connectivity index (χ3v) is 5.54. The molecule has 0 aliphatic heterocycles. The van der Waals surface area contributed by atoms with Gasteiger partial charge in [-0.05, 0) is 37.1 Å². The van der Waals surface area contributed by atoms with Crippen molar-refractivity contribution in [2.75, 3.05) is 19.0 Å². The van der Waals surface area contributed by atoms with Crippen molar-refractivity contribution in [3.05, 3.63) is 50.9 Å². The molecule has 0 radical (unpaired) electrons. The summed E-state index contributed by atoms with van der Waals surface area (Å²) in [6.07, 6.45) is -0.971. The smallest absolute Gasteiger partial charge is 0.348 e. The molecule has 1 unspecified atom stereocenters. The van der Waals surface area contributed by atoms with Gasteiger partial charge in [-0.3, -0.25) is 0 Å². The second-order valence-corrected chi connectivity index (χ2v) is 7.32. The molecule has 0 amide bonds. The van der Waals surface area contributed by atoms with Crippen LogP contribution in [0.5, 0.6) is 0 Å². The number of aromatic nitrogens is 2. The summed E-state index contributed by atoms with van der Waals surface area (Å²) in [6, 6.07) is 4.15. The first-order chi connectivity index (χ1) is 12.8. The zero-order valence-electron chi connectivity index (χ0n) is 14.8. The van der Waals surface area contributed by atoms with Crippen molar-refractivity contribution in [1.29, 1.82) is 0 Å². The Labute approximate surface area is 164 Å². The first-order valence-electron chi connectivity index (χ1n) is 8.04. The van der Waals surface area contributed by atoms with E-state index in [0.717, 1.165) is 0 Å². The number of nitrogens with zero attached hydrogens (tertiary/aromatic N) is 2. The number of methoxy groups -OCH3 is 1. The van der Waals surface area contributed by atoms with Gasteiger partial charge in [0.25, 0.3) is 0 Å². The fourth-order valence-electron chi connectivity index (χ4n) is 2.69. The third-order valence-electron chi connectivity index (χ3n) is 4.06. The number of halogens is 2. The topological polar surface area (TPSA) is 84.3 Å². The highest BCUT2D eigenvalue weighted by Crippen LogP contribution is 2.34. The first kappa shape index (κ1) is 19.5. The van der Waals surface area contributed by atoms with Gasteiger partial charge in [-0.25, -0.2) is 19.2 Å². The minimum absolute atomic E-state index is 0.00344. The molecule has 0 saturated carbocycles. The number of hydrogen-bond donors (Lipinski definition) is 2. The number of benzene rings is 1. The van der Waals surface area contributed by atoms with Gasteiger partial charge in [0.2, 0.25) is 0 Å². The van der Waals surface area contributed by atoms with Crippen LogP contribution in [0.4, 0.5) is 10.2 Å². The lowest BCUT2D eigenvalue weighted by Gasteiger charge is -2.14. The molecule has 1 atom stereocenters. The van der Waals surface area contributed by atoms with Crippen LogP contribution < -0.4 is 5.32 Å². The van der Waals surface area contributed by atoms with Gasteiger partial charge >= 0.3 is 5.97 Å². The summed E-state index contributed by atoms with van der Waals surface area (Å²) < 4.78 is 18.4. The lowest BCUT2D eigenvalue weighted by molar-refractivity contribution is 0.0605. The second kappa shape index (κ2) is 7.75. The van der Waals surface area contributed by atoms with Crippen LogP contribution >= 0.6 is 22.9 Å². The van der Waals surface area contributed by atoms with E-state index in [1.165, 1.54) is 30.6 Å². The first-order valence-corrected chi connectivity index (χ1v) is 9.24. The monoisotopic (exact) mass is 409 g/mol. The van der Waals surface area contributed by atoms with E-state index in [9.17, 15) is 14.3 Å². The number of rotatable bonds is 5. The number of aryl methyl sites for hydroxylation is 2. The van der Waals surface area contributed by atoms with E-state index in [-0.39, 0.29) is 11.6 Å². The Bertz CT molecular complexity index is 1020. The SMILES string of the molecule is COC(=O)c1sc2nc(C)nc(NCC(O)c3ccc(Cl)c(F)c3)c2c1C. The molecule has 2 aromatic heterocycles. The highest BCUT2D eigenvalue weighted by Gasteiger charge is 2.21. The molecule has 2 heterocycles. The summed E-state index contributed by atoms with van der Waals surface area (Å²) in [5, 5.41) is 14.1. The Kier molecular flexibility index (Phi) is 5.59. The zero-order valence-corrected chi connectivity index (χ0v) is 16.4. The van der Waals surface area contributed by atoms with Gasteiger partial charge < -0.3 is 15.2 Å². The maximum absolute atomic E-state index is 13.6. The Morgan fingerprint density at radius 2 is 2.15 bits per heavy atom. The summed E-state index contributed by atoms with van der Waals surface area (Å²) in [5.41, 5.74) is 1.10. The molecule has 6 nitrogen and oxygen atoms in total. The van der Waals surface area contributed by atoms with Gasteiger partial charge in [0.15, 0.2) is 0 Å². The standard InChI is InChI=1S/C18H17ClFN3O3S/c1-8-14-16(21-7-13(24)10-4-5-11(19)12(20)6-10)22-9(2)23-17(14)27-15(8)18(25)26-3/h4-6,13,24H,7H2,1-3H3,(H,21,22,23). The number of aliphatic hydroxyl groups excluding tert-OH is 1. The summed E-state index contributed by atoms with van der Waals surface area (Å²) in [4.78, 5) is 21.8. The van der Waals surface area contributed by atoms with Gasteiger partial charge in [-0.15, -0.1) is 11.3 Å². The minimum Gasteiger partial charge on any atom is -0.465 e. The lowest BCUT2D eigenvalue weighted by atomic mass is 10.1. The highest BCUT2D eigenvalue weighted by atomic mass is 35.5. The Balaban J connectivity index is 1.91. The molecule has 0 aliphatic rings. The number of thiophene rings is 1. The molecule has 3 rings (SSSR count). The van der Waals surface area contributed by atoms with Crippen LogP contribution in [-0.2, 0) is 4.74 Å². The molecule has 0 spiro atoms. The minimum atomic E-state index is -0.971. The van der Waals surface area contributed by atoms with Crippen LogP contribution in [0.1, 0.15) is 32.7 Å². The molecule has 142 valence electrons. The molecule has 0 aliphatic carbocycles. The number of anilines is 1. The highest BCUT2D eigenvalue weighted by molar-refractivity contribution is 7.20. The number of ether oxygens (including phenoxy) is 1. The van der Waals surface area contributed by atoms with Gasteiger partial charge in [0.05, 0.1) is 23.6 Å². The molecule has 3 aromatic rings. The van der Waals surface area contributed by atoms with E-state index < -0.39 is 17.9 Å². The normalized spacial score (nSPS) is 12.2. The predicted octanol–water partition coefficient (Wildman–Crippen LogP) is 4.03. The predicted molar refractivity (Wildman–Crippen MR) is 103 cm³/mol. The van der Waals surface area contributed by atoms with Crippen LogP contribution in [0.2, 0.25) is 5.02 Å². The van der Waals surface area contributed by atoms with E-state index in [4.69, 9.17) is 16.3 Å². The summed E-state index contributed by atoms with van der Waals surface area (Å²) >= 11 is 6.90. The molecule has 1 aromatic carbocycles. The van der Waals surface area contributed by atoms with E-state index >= 15 is 0 Å². The molecule has 9 heteroatoms. The maximum Gasteiger partial charge on any atom is 0.348 e. The molecule has 2 N–H and O–H groups in total. The molecular formula is C18H17ClFN3O3S. The molecular weight excluding hydrogens is 393 g/mol. The van der Waals surface area contributed by atoms with Crippen molar-refractivity contribution >= 4 is 44.9 Å². The van der Waals surface area contributed by atoms with Crippen LogP contribution in [0, 0.1) is 19.7 Å². The van der Waals surface area contributed by atoms with Crippen molar-refractivity contribution in [2.24, 2.45) is 0 Å². The lowest BCUT2D eigenvalue weighted by Crippen LogP contribution is -2.14. The van der Waals surface area contributed by atoms with E-state index in [1.54, 1.807) is 19.9 Å². The maximum atomic E-state index is 13.6. The Morgan fingerprint density at radius 1 is 1.41 bits per heavy atom. The number of nitrogens with one attached hydrogen (secondary N) is 1. The fraction of sp³-hybridized carbons (Fsp3) is 0.278. The van der Waals surface area contributed by atoms with E-state index in [2.05, 4.69) is 15.3 Å². The average molecular weight is 410 g/mol. The van der Waals surface area contributed by atoms with Gasteiger partial charge in [-0.1, -0.05) is 17.7 Å². The van der Waals surface area contributed by atoms with Crippen molar-refractivity contribution in [3.63, 3.8) is 0 Å². The summed E-state index contributed by atoms with van der Waals surface area (Å²) in [6.45, 7) is 3.62. The number of carbonyl (C=O) groups is 1. The van der Waals surface area contributed by atoms with Crippen molar-refractivity contribution < 1.29 is 19.0 Å². The van der Waals surface area contributed by atoms with Crippen LogP contribution in [0.15, 0.2) is 18.2 Å². The Morgan fingerprint density at radius 3 is 2.81 bits per heavy atom. The van der Waals surface area contributed by atoms with Gasteiger partial charge in [0.1, 0.15) is 27.2 Å². The fourth-order valence-corrected chi connectivity index (χ4v) is 3.95. The zero-order chi connectivity index (χ0) is 19.7. The number of carbonyl (C=O) groups excluding carboxylic acids is 1. The van der Waals surface area contributed by atoms with Crippen LogP contribution in [0.3, 0.4) is 0 Å². The Hall–Kier alpha value is -2.29. The van der Waals surface area contributed by atoms with E-state index in [1.807, 2.05) is 0 Å². The largest absolute Gasteiger partial charge is 0.465 e.